The van der Waals surface area contributed by atoms with Gasteiger partial charge in [0.25, 0.3) is 0 Å². The number of benzene rings is 1. The van der Waals surface area contributed by atoms with Gasteiger partial charge in [-0.2, -0.15) is 0 Å². The van der Waals surface area contributed by atoms with Crippen LogP contribution in [0.3, 0.4) is 0 Å². The zero-order valence-electron chi connectivity index (χ0n) is 7.72. The molecular formula is C11H9BrIN. The maximum absolute atomic E-state index is 4.38. The molecule has 3 heteroatoms. The van der Waals surface area contributed by atoms with Crippen molar-refractivity contribution >= 4 is 49.4 Å². The smallest absolute Gasteiger partial charge is 0.0714 e. The number of aryl methyl sites for hydroxylation is 1. The van der Waals surface area contributed by atoms with Crippen LogP contribution in [0.2, 0.25) is 0 Å². The van der Waals surface area contributed by atoms with Crippen LogP contribution in [0.4, 0.5) is 0 Å². The number of pyridine rings is 1. The van der Waals surface area contributed by atoms with E-state index in [0.29, 0.717) is 0 Å². The Kier molecular flexibility index (Phi) is 3.07. The van der Waals surface area contributed by atoms with Crippen LogP contribution in [0.25, 0.3) is 10.9 Å². The number of aromatic nitrogens is 1. The van der Waals surface area contributed by atoms with Crippen LogP contribution in [-0.2, 0) is 6.42 Å². The summed E-state index contributed by atoms with van der Waals surface area (Å²) in [6, 6.07) is 6.41. The molecule has 0 saturated heterocycles. The van der Waals surface area contributed by atoms with Crippen LogP contribution >= 0.6 is 38.5 Å². The minimum absolute atomic E-state index is 1.05. The average Bonchev–Trinajstić information content (AvgIpc) is 2.23. The fourth-order valence-electron chi connectivity index (χ4n) is 1.40. The van der Waals surface area contributed by atoms with Crippen molar-refractivity contribution in [3.05, 3.63) is 38.0 Å². The van der Waals surface area contributed by atoms with Gasteiger partial charge in [0.15, 0.2) is 0 Å². The molecule has 1 aromatic heterocycles. The molecule has 0 N–H and O–H groups in total. The Labute approximate surface area is 105 Å². The van der Waals surface area contributed by atoms with Crippen molar-refractivity contribution in [3.63, 3.8) is 0 Å². The third kappa shape index (κ3) is 1.80. The molecule has 0 atom stereocenters. The molecule has 0 saturated carbocycles. The molecule has 2 aromatic rings. The maximum atomic E-state index is 4.38. The third-order valence-corrected chi connectivity index (χ3v) is 4.65. The monoisotopic (exact) mass is 361 g/mol. The Morgan fingerprint density at radius 3 is 2.93 bits per heavy atom. The first-order valence-corrected chi connectivity index (χ1v) is 6.32. The van der Waals surface area contributed by atoms with E-state index in [1.54, 1.807) is 0 Å². The number of hydrogen-bond acceptors (Lipinski definition) is 1. The molecule has 1 aromatic carbocycles. The van der Waals surface area contributed by atoms with Crippen molar-refractivity contribution in [1.82, 2.24) is 4.98 Å². The van der Waals surface area contributed by atoms with E-state index in [1.165, 1.54) is 10.9 Å². The number of rotatable bonds is 1. The normalized spacial score (nSPS) is 10.8. The molecule has 1 nitrogen and oxygen atoms in total. The fourth-order valence-corrected chi connectivity index (χ4v) is 2.25. The second kappa shape index (κ2) is 4.14. The van der Waals surface area contributed by atoms with Crippen molar-refractivity contribution < 1.29 is 0 Å². The second-order valence-electron chi connectivity index (χ2n) is 3.13. The van der Waals surface area contributed by atoms with Gasteiger partial charge >= 0.3 is 0 Å². The first-order valence-electron chi connectivity index (χ1n) is 4.45. The molecule has 2 rings (SSSR count). The van der Waals surface area contributed by atoms with Crippen molar-refractivity contribution in [2.75, 3.05) is 0 Å². The minimum atomic E-state index is 1.05. The summed E-state index contributed by atoms with van der Waals surface area (Å²) in [7, 11) is 0. The van der Waals surface area contributed by atoms with Gasteiger partial charge in [-0.1, -0.05) is 13.0 Å². The van der Waals surface area contributed by atoms with Gasteiger partial charge in [-0.15, -0.1) is 0 Å². The van der Waals surface area contributed by atoms with E-state index in [0.717, 1.165) is 20.0 Å². The van der Waals surface area contributed by atoms with Crippen molar-refractivity contribution in [2.45, 2.75) is 13.3 Å². The Hall–Kier alpha value is -0.160. The van der Waals surface area contributed by atoms with Gasteiger partial charge in [-0.05, 0) is 62.6 Å². The molecule has 14 heavy (non-hydrogen) atoms. The predicted molar refractivity (Wildman–Crippen MR) is 71.5 cm³/mol. The molecule has 0 fully saturated rings. The largest absolute Gasteiger partial charge is 0.255 e. The lowest BCUT2D eigenvalue weighted by atomic mass is 10.1. The molecular weight excluding hydrogens is 353 g/mol. The van der Waals surface area contributed by atoms with E-state index in [9.17, 15) is 0 Å². The lowest BCUT2D eigenvalue weighted by Gasteiger charge is -2.04. The highest BCUT2D eigenvalue weighted by Gasteiger charge is 2.04. The summed E-state index contributed by atoms with van der Waals surface area (Å²) in [6.45, 7) is 2.16. The minimum Gasteiger partial charge on any atom is -0.255 e. The van der Waals surface area contributed by atoms with E-state index in [-0.39, 0.29) is 0 Å². The highest BCUT2D eigenvalue weighted by Crippen LogP contribution is 2.27. The van der Waals surface area contributed by atoms with Crippen LogP contribution < -0.4 is 0 Å². The summed E-state index contributed by atoms with van der Waals surface area (Å²) >= 11 is 5.88. The number of nitrogens with zero attached hydrogens (tertiary/aromatic N) is 1. The van der Waals surface area contributed by atoms with Gasteiger partial charge in [0.2, 0.25) is 0 Å². The summed E-state index contributed by atoms with van der Waals surface area (Å²) in [4.78, 5) is 4.38. The van der Waals surface area contributed by atoms with E-state index >= 15 is 0 Å². The number of fused-ring (bicyclic) bond motifs is 1. The summed E-state index contributed by atoms with van der Waals surface area (Å²) in [5, 5.41) is 1.20. The molecule has 0 bridgehead atoms. The topological polar surface area (TPSA) is 12.9 Å². The molecule has 0 spiro atoms. The first kappa shape index (κ1) is 10.4. The van der Waals surface area contributed by atoms with Crippen LogP contribution in [0.5, 0.6) is 0 Å². The molecule has 0 aliphatic carbocycles. The zero-order valence-corrected chi connectivity index (χ0v) is 11.5. The van der Waals surface area contributed by atoms with Gasteiger partial charge in [-0.25, -0.2) is 0 Å². The molecule has 1 heterocycles. The Bertz CT molecular complexity index is 482. The number of halogens is 2. The summed E-state index contributed by atoms with van der Waals surface area (Å²) in [5.41, 5.74) is 2.40. The number of hydrogen-bond donors (Lipinski definition) is 0. The standard InChI is InChI=1S/C11H9BrIN/c1-2-7-3-4-10-8(5-7)11(12)9(13)6-14-10/h3-6H,2H2,1H3. The van der Waals surface area contributed by atoms with Crippen LogP contribution in [-0.4, -0.2) is 4.98 Å². The molecule has 0 amide bonds. The molecule has 0 aliphatic heterocycles. The molecule has 72 valence electrons. The SMILES string of the molecule is CCc1ccc2ncc(I)c(Br)c2c1. The highest BCUT2D eigenvalue weighted by atomic mass is 127. The Balaban J connectivity index is 2.78. The predicted octanol–water partition coefficient (Wildman–Crippen LogP) is 4.16. The van der Waals surface area contributed by atoms with Crippen molar-refractivity contribution in [1.29, 1.82) is 0 Å². The fraction of sp³-hybridized carbons (Fsp3) is 0.182. The van der Waals surface area contributed by atoms with Gasteiger partial charge in [0, 0.05) is 19.6 Å². The summed E-state index contributed by atoms with van der Waals surface area (Å²) in [6.07, 6.45) is 2.95. The van der Waals surface area contributed by atoms with E-state index in [4.69, 9.17) is 0 Å². The van der Waals surface area contributed by atoms with Crippen LogP contribution in [0.1, 0.15) is 12.5 Å². The van der Waals surface area contributed by atoms with E-state index < -0.39 is 0 Å². The lowest BCUT2D eigenvalue weighted by molar-refractivity contribution is 1.14. The lowest BCUT2D eigenvalue weighted by Crippen LogP contribution is -1.86. The summed E-state index contributed by atoms with van der Waals surface area (Å²) < 4.78 is 2.31. The van der Waals surface area contributed by atoms with Gasteiger partial charge in [0.1, 0.15) is 0 Å². The van der Waals surface area contributed by atoms with Gasteiger partial charge in [0.05, 0.1) is 5.52 Å². The Morgan fingerprint density at radius 1 is 1.43 bits per heavy atom. The third-order valence-electron chi connectivity index (χ3n) is 2.23. The average molecular weight is 362 g/mol. The van der Waals surface area contributed by atoms with Crippen LogP contribution in [0, 0.1) is 3.57 Å². The van der Waals surface area contributed by atoms with E-state index in [1.807, 2.05) is 6.20 Å². The highest BCUT2D eigenvalue weighted by molar-refractivity contribution is 14.1. The quantitative estimate of drug-likeness (QED) is 0.695. The molecule has 0 aliphatic rings. The van der Waals surface area contributed by atoms with Crippen molar-refractivity contribution in [2.24, 2.45) is 0 Å². The van der Waals surface area contributed by atoms with E-state index in [2.05, 4.69) is 68.6 Å². The van der Waals surface area contributed by atoms with Crippen LogP contribution in [0.15, 0.2) is 28.9 Å². The zero-order chi connectivity index (χ0) is 10.1. The maximum Gasteiger partial charge on any atom is 0.0714 e. The first-order chi connectivity index (χ1) is 6.72. The van der Waals surface area contributed by atoms with Gasteiger partial charge in [-0.3, -0.25) is 4.98 Å². The van der Waals surface area contributed by atoms with Gasteiger partial charge < -0.3 is 0 Å². The Morgan fingerprint density at radius 2 is 2.21 bits per heavy atom. The van der Waals surface area contributed by atoms with Crippen molar-refractivity contribution in [3.8, 4) is 0 Å². The molecule has 0 radical (unpaired) electrons. The molecule has 0 unspecified atom stereocenters. The second-order valence-corrected chi connectivity index (χ2v) is 5.08. The summed E-state index contributed by atoms with van der Waals surface area (Å²) in [5.74, 6) is 0.